The van der Waals surface area contributed by atoms with Crippen LogP contribution in [-0.2, 0) is 0 Å². The number of halogens is 2. The van der Waals surface area contributed by atoms with Gasteiger partial charge in [-0.15, -0.1) is 0 Å². The summed E-state index contributed by atoms with van der Waals surface area (Å²) in [5.74, 6) is -0.514. The highest BCUT2D eigenvalue weighted by Crippen LogP contribution is 2.52. The second-order valence-corrected chi connectivity index (χ2v) is 17.5. The van der Waals surface area contributed by atoms with Gasteiger partial charge in [-0.2, -0.15) is 0 Å². The smallest absolute Gasteiger partial charge is 0.143 e. The third kappa shape index (κ3) is 5.32. The van der Waals surface area contributed by atoms with Gasteiger partial charge in [-0.3, -0.25) is 0 Å². The molecular weight excluding hydrogens is 767 g/mol. The van der Waals surface area contributed by atoms with Gasteiger partial charge in [0.1, 0.15) is 34.0 Å². The molecule has 2 aromatic heterocycles. The molecule has 0 fully saturated rings. The van der Waals surface area contributed by atoms with E-state index in [1.807, 2.05) is 27.7 Å². The van der Waals surface area contributed by atoms with Crippen LogP contribution < -0.4 is 0 Å². The summed E-state index contributed by atoms with van der Waals surface area (Å²) in [7, 11) is 0. The minimum absolute atomic E-state index is 0.257. The zero-order valence-corrected chi connectivity index (χ0v) is 35.3. The number of hydrogen-bond acceptors (Lipinski definition) is 2. The molecule has 0 aliphatic heterocycles. The number of aryl methyl sites for hydroxylation is 6. The molecule has 0 unspecified atom stereocenters. The Labute approximate surface area is 357 Å². The molecule has 0 spiro atoms. The predicted octanol–water partition coefficient (Wildman–Crippen LogP) is 17.2. The van der Waals surface area contributed by atoms with Crippen LogP contribution >= 0.6 is 0 Å². The molecule has 0 aliphatic carbocycles. The standard InChI is InChI=1S/C58H40F2O2/c1-29-9-7-11-35(17-29)37-13-15-41-47-25-45-44(54-33(5)21-40(60)22-34(54)6)28-50-56-46(26-48-42-16-14-38(24-52(42)62-58(48)50)36-12-8-10-30(2)18-36)43(53-31(3)19-39(59)20-32(53)4)27-49(55(45)56)57(47)61-51(41)23-37/h7-28H,1-6H3. The van der Waals surface area contributed by atoms with Crippen LogP contribution in [0.3, 0.4) is 0 Å². The van der Waals surface area contributed by atoms with Crippen LogP contribution in [0.1, 0.15) is 33.4 Å². The highest BCUT2D eigenvalue weighted by Gasteiger charge is 2.27. The third-order valence-corrected chi connectivity index (χ3v) is 13.2. The molecule has 4 heteroatoms. The van der Waals surface area contributed by atoms with E-state index in [9.17, 15) is 0 Å². The maximum atomic E-state index is 15.1. The molecule has 10 aromatic carbocycles. The molecular formula is C58H40F2O2. The highest BCUT2D eigenvalue weighted by molar-refractivity contribution is 6.38. The lowest BCUT2D eigenvalue weighted by Gasteiger charge is -2.21. The van der Waals surface area contributed by atoms with Crippen molar-refractivity contribution in [3.8, 4) is 44.5 Å². The number of furan rings is 2. The molecule has 0 saturated heterocycles. The summed E-state index contributed by atoms with van der Waals surface area (Å²) in [6.07, 6.45) is 0. The first-order valence-electron chi connectivity index (χ1n) is 21.2. The Hall–Kier alpha value is -7.30. The molecule has 0 amide bonds. The van der Waals surface area contributed by atoms with Crippen molar-refractivity contribution < 1.29 is 17.6 Å². The average Bonchev–Trinajstić information content (AvgIpc) is 3.80. The van der Waals surface area contributed by atoms with Gasteiger partial charge in [0.05, 0.1) is 0 Å². The maximum Gasteiger partial charge on any atom is 0.143 e. The quantitative estimate of drug-likeness (QED) is 0.166. The lowest BCUT2D eigenvalue weighted by Crippen LogP contribution is -1.97. The van der Waals surface area contributed by atoms with E-state index in [2.05, 4.69) is 123 Å². The average molecular weight is 807 g/mol. The van der Waals surface area contributed by atoms with E-state index in [1.54, 1.807) is 24.3 Å². The first-order chi connectivity index (χ1) is 30.0. The molecule has 0 radical (unpaired) electrons. The van der Waals surface area contributed by atoms with E-state index in [1.165, 1.54) is 11.1 Å². The van der Waals surface area contributed by atoms with Crippen LogP contribution in [0.2, 0.25) is 0 Å². The number of hydrogen-bond donors (Lipinski definition) is 0. The fourth-order valence-electron chi connectivity index (χ4n) is 10.6. The largest absolute Gasteiger partial charge is 0.455 e. The molecule has 0 bridgehead atoms. The second-order valence-electron chi connectivity index (χ2n) is 17.5. The molecule has 62 heavy (non-hydrogen) atoms. The van der Waals surface area contributed by atoms with Gasteiger partial charge < -0.3 is 8.83 Å². The van der Waals surface area contributed by atoms with E-state index in [4.69, 9.17) is 8.83 Å². The Kier molecular flexibility index (Phi) is 7.72. The topological polar surface area (TPSA) is 26.3 Å². The summed E-state index contributed by atoms with van der Waals surface area (Å²) in [6, 6.07) is 45.6. The highest BCUT2D eigenvalue weighted by atomic mass is 19.1. The zero-order chi connectivity index (χ0) is 42.3. The molecule has 2 nitrogen and oxygen atoms in total. The lowest BCUT2D eigenvalue weighted by molar-refractivity contribution is 0.625. The molecule has 2 heterocycles. The number of rotatable bonds is 4. The molecule has 0 aliphatic rings. The van der Waals surface area contributed by atoms with Crippen LogP contribution in [-0.4, -0.2) is 0 Å². The van der Waals surface area contributed by atoms with E-state index in [-0.39, 0.29) is 11.6 Å². The fourth-order valence-corrected chi connectivity index (χ4v) is 10.6. The van der Waals surface area contributed by atoms with Crippen LogP contribution in [0.25, 0.3) is 121 Å². The molecule has 12 aromatic rings. The molecule has 0 atom stereocenters. The predicted molar refractivity (Wildman–Crippen MR) is 255 cm³/mol. The van der Waals surface area contributed by atoms with Crippen LogP contribution in [0, 0.1) is 53.2 Å². The monoisotopic (exact) mass is 806 g/mol. The second kappa shape index (κ2) is 13.1. The molecule has 0 saturated carbocycles. The van der Waals surface area contributed by atoms with Crippen molar-refractivity contribution in [1.29, 1.82) is 0 Å². The Bertz CT molecular complexity index is 3600. The van der Waals surface area contributed by atoms with E-state index < -0.39 is 0 Å². The van der Waals surface area contributed by atoms with Gasteiger partial charge in [-0.05, 0) is 192 Å². The Morgan fingerprint density at radius 3 is 1.11 bits per heavy atom. The maximum absolute atomic E-state index is 15.1. The van der Waals surface area contributed by atoms with Crippen molar-refractivity contribution in [3.05, 3.63) is 178 Å². The van der Waals surface area contributed by atoms with Crippen molar-refractivity contribution in [3.63, 3.8) is 0 Å². The first-order valence-corrected chi connectivity index (χ1v) is 21.2. The Morgan fingerprint density at radius 2 is 0.726 bits per heavy atom. The van der Waals surface area contributed by atoms with Crippen LogP contribution in [0.15, 0.2) is 142 Å². The van der Waals surface area contributed by atoms with E-state index >= 15 is 8.78 Å². The molecule has 298 valence electrons. The van der Waals surface area contributed by atoms with E-state index in [0.29, 0.717) is 0 Å². The zero-order valence-electron chi connectivity index (χ0n) is 35.3. The van der Waals surface area contributed by atoms with Gasteiger partial charge >= 0.3 is 0 Å². The normalized spacial score (nSPS) is 12.2. The summed E-state index contributed by atoms with van der Waals surface area (Å²) < 4.78 is 44.2. The molecule has 12 rings (SSSR count). The van der Waals surface area contributed by atoms with Gasteiger partial charge in [0.25, 0.3) is 0 Å². The van der Waals surface area contributed by atoms with Gasteiger partial charge in [0.2, 0.25) is 0 Å². The fraction of sp³-hybridized carbons (Fsp3) is 0.103. The lowest BCUT2D eigenvalue weighted by atomic mass is 9.81. The summed E-state index contributed by atoms with van der Waals surface area (Å²) in [4.78, 5) is 0. The molecule has 0 N–H and O–H groups in total. The van der Waals surface area contributed by atoms with Crippen LogP contribution in [0.4, 0.5) is 8.78 Å². The Balaban J connectivity index is 1.28. The van der Waals surface area contributed by atoms with Crippen molar-refractivity contribution in [2.24, 2.45) is 0 Å². The van der Waals surface area contributed by atoms with Crippen LogP contribution in [0.5, 0.6) is 0 Å². The van der Waals surface area contributed by atoms with Gasteiger partial charge in [-0.1, -0.05) is 71.8 Å². The van der Waals surface area contributed by atoms with Crippen molar-refractivity contribution in [2.75, 3.05) is 0 Å². The van der Waals surface area contributed by atoms with Gasteiger partial charge in [0.15, 0.2) is 0 Å². The van der Waals surface area contributed by atoms with Gasteiger partial charge in [0, 0.05) is 43.1 Å². The SMILES string of the molecule is Cc1cccc(-c2ccc3c(c2)oc2c3cc3c(-c4c(C)cc(F)cc4C)cc4c5oc6cc(-c7cccc(C)c7)ccc6c5cc5c(-c6c(C)cc(F)cc6C)cc2c3c54)c1. The Morgan fingerprint density at radius 1 is 0.339 bits per heavy atom. The number of benzene rings is 10. The minimum Gasteiger partial charge on any atom is -0.455 e. The summed E-state index contributed by atoms with van der Waals surface area (Å²) in [6.45, 7) is 12.2. The minimum atomic E-state index is -0.257. The van der Waals surface area contributed by atoms with E-state index in [0.717, 1.165) is 143 Å². The van der Waals surface area contributed by atoms with Crippen molar-refractivity contribution >= 4 is 76.2 Å². The summed E-state index contributed by atoms with van der Waals surface area (Å²) >= 11 is 0. The van der Waals surface area contributed by atoms with Crippen molar-refractivity contribution in [1.82, 2.24) is 0 Å². The summed E-state index contributed by atoms with van der Waals surface area (Å²) in [5, 5.41) is 10.1. The first kappa shape index (κ1) is 36.5. The summed E-state index contributed by atoms with van der Waals surface area (Å²) in [5.41, 5.74) is 17.4. The van der Waals surface area contributed by atoms with Gasteiger partial charge in [-0.25, -0.2) is 8.78 Å². The number of fused-ring (bicyclic) bond motifs is 8. The van der Waals surface area contributed by atoms with Crippen molar-refractivity contribution in [2.45, 2.75) is 41.5 Å². The third-order valence-electron chi connectivity index (χ3n) is 13.2.